The number of aromatic nitrogens is 2. The first-order valence-corrected chi connectivity index (χ1v) is 4.45. The molecule has 0 aliphatic heterocycles. The summed E-state index contributed by atoms with van der Waals surface area (Å²) in [5, 5.41) is 10.7. The number of nitrogens with zero attached hydrogens (tertiary/aromatic N) is 3. The summed E-state index contributed by atoms with van der Waals surface area (Å²) in [6, 6.07) is 4.50. The van der Waals surface area contributed by atoms with Gasteiger partial charge in [0.25, 0.3) is 5.69 Å². The second kappa shape index (κ2) is 3.99. The predicted molar refractivity (Wildman–Crippen MR) is 58.0 cm³/mol. The molecule has 2 aromatic rings. The fourth-order valence-corrected chi connectivity index (χ4v) is 1.34. The summed E-state index contributed by atoms with van der Waals surface area (Å²) in [5.41, 5.74) is 3.45. The lowest BCUT2D eigenvalue weighted by Gasteiger charge is -2.05. The molecule has 0 aliphatic carbocycles. The molecule has 0 saturated carbocycles. The molecule has 16 heavy (non-hydrogen) atoms. The summed E-state index contributed by atoms with van der Waals surface area (Å²) < 4.78 is 1.66. The second-order valence-corrected chi connectivity index (χ2v) is 3.11. The molecule has 82 valence electrons. The zero-order chi connectivity index (χ0) is 11.5. The van der Waals surface area contributed by atoms with Crippen molar-refractivity contribution in [2.75, 3.05) is 5.43 Å². The third-order valence-corrected chi connectivity index (χ3v) is 2.08. The van der Waals surface area contributed by atoms with E-state index in [9.17, 15) is 10.1 Å². The smallest absolute Gasteiger partial charge is 0.273 e. The number of rotatable bonds is 3. The molecule has 0 bridgehead atoms. The molecule has 0 amide bonds. The van der Waals surface area contributed by atoms with Crippen LogP contribution in [0, 0.1) is 10.1 Å². The van der Waals surface area contributed by atoms with E-state index in [0.29, 0.717) is 11.4 Å². The summed E-state index contributed by atoms with van der Waals surface area (Å²) in [5.74, 6) is 5.24. The Morgan fingerprint density at radius 1 is 1.44 bits per heavy atom. The molecule has 1 heterocycles. The van der Waals surface area contributed by atoms with Crippen LogP contribution < -0.4 is 11.3 Å². The number of nitro benzene ring substituents is 1. The maximum atomic E-state index is 10.7. The highest BCUT2D eigenvalue weighted by Gasteiger charge is 2.10. The first kappa shape index (κ1) is 10.1. The van der Waals surface area contributed by atoms with Gasteiger partial charge < -0.3 is 9.99 Å². The van der Waals surface area contributed by atoms with Gasteiger partial charge in [0.2, 0.25) is 0 Å². The predicted octanol–water partition coefficient (Wildman–Crippen LogP) is 1.07. The number of nitro groups is 1. The molecule has 1 aromatic heterocycles. The van der Waals surface area contributed by atoms with Crippen molar-refractivity contribution in [1.29, 1.82) is 0 Å². The zero-order valence-corrected chi connectivity index (χ0v) is 8.20. The van der Waals surface area contributed by atoms with Gasteiger partial charge in [0, 0.05) is 24.5 Å². The SMILES string of the molecule is NNc1cc(-n2ccnc2)cc([N+](=O)[O-])c1. The van der Waals surface area contributed by atoms with Crippen molar-refractivity contribution < 1.29 is 4.92 Å². The lowest BCUT2D eigenvalue weighted by atomic mass is 10.2. The molecule has 3 N–H and O–H groups in total. The minimum atomic E-state index is -0.471. The van der Waals surface area contributed by atoms with Crippen LogP contribution in [0.25, 0.3) is 5.69 Å². The van der Waals surface area contributed by atoms with Gasteiger partial charge >= 0.3 is 0 Å². The summed E-state index contributed by atoms with van der Waals surface area (Å²) in [7, 11) is 0. The number of hydrogen-bond acceptors (Lipinski definition) is 5. The monoisotopic (exact) mass is 219 g/mol. The largest absolute Gasteiger partial charge is 0.324 e. The van der Waals surface area contributed by atoms with E-state index in [0.717, 1.165) is 0 Å². The van der Waals surface area contributed by atoms with Crippen LogP contribution in [0.3, 0.4) is 0 Å². The molecule has 7 nitrogen and oxygen atoms in total. The van der Waals surface area contributed by atoms with Crippen LogP contribution in [0.1, 0.15) is 0 Å². The number of non-ortho nitro benzene ring substituents is 1. The Morgan fingerprint density at radius 2 is 2.25 bits per heavy atom. The van der Waals surface area contributed by atoms with Gasteiger partial charge in [0.1, 0.15) is 0 Å². The summed E-state index contributed by atoms with van der Waals surface area (Å²) >= 11 is 0. The van der Waals surface area contributed by atoms with Crippen molar-refractivity contribution in [2.45, 2.75) is 0 Å². The van der Waals surface area contributed by atoms with E-state index >= 15 is 0 Å². The molecule has 0 unspecified atom stereocenters. The Labute approximate surface area is 90.6 Å². The fraction of sp³-hybridized carbons (Fsp3) is 0. The van der Waals surface area contributed by atoms with Gasteiger partial charge in [-0.25, -0.2) is 4.98 Å². The van der Waals surface area contributed by atoms with E-state index in [1.54, 1.807) is 29.4 Å². The van der Waals surface area contributed by atoms with Crippen LogP contribution in [0.5, 0.6) is 0 Å². The average molecular weight is 219 g/mol. The Balaban J connectivity index is 2.53. The van der Waals surface area contributed by atoms with Crippen molar-refractivity contribution in [2.24, 2.45) is 5.84 Å². The van der Waals surface area contributed by atoms with Crippen molar-refractivity contribution >= 4 is 11.4 Å². The van der Waals surface area contributed by atoms with Crippen molar-refractivity contribution in [3.8, 4) is 5.69 Å². The van der Waals surface area contributed by atoms with Gasteiger partial charge in [0.15, 0.2) is 0 Å². The Hall–Kier alpha value is -2.41. The second-order valence-electron chi connectivity index (χ2n) is 3.11. The summed E-state index contributed by atoms with van der Waals surface area (Å²) in [4.78, 5) is 14.1. The lowest BCUT2D eigenvalue weighted by Crippen LogP contribution is -2.07. The highest BCUT2D eigenvalue weighted by molar-refractivity contribution is 5.58. The third-order valence-electron chi connectivity index (χ3n) is 2.08. The van der Waals surface area contributed by atoms with Gasteiger partial charge in [-0.1, -0.05) is 0 Å². The molecular weight excluding hydrogens is 210 g/mol. The maximum absolute atomic E-state index is 10.7. The molecule has 0 saturated heterocycles. The number of hydrazine groups is 1. The lowest BCUT2D eigenvalue weighted by molar-refractivity contribution is -0.384. The highest BCUT2D eigenvalue weighted by Crippen LogP contribution is 2.22. The Morgan fingerprint density at radius 3 is 2.81 bits per heavy atom. The molecular formula is C9H9N5O2. The van der Waals surface area contributed by atoms with Crippen LogP contribution in [0.2, 0.25) is 0 Å². The van der Waals surface area contributed by atoms with Crippen LogP contribution >= 0.6 is 0 Å². The van der Waals surface area contributed by atoms with Gasteiger partial charge in [-0.05, 0) is 6.07 Å². The standard InChI is InChI=1S/C9H9N5O2/c10-12-7-3-8(13-2-1-11-6-13)5-9(4-7)14(15)16/h1-6,12H,10H2. The molecule has 0 aliphatic rings. The Kier molecular flexibility index (Phi) is 2.52. The minimum Gasteiger partial charge on any atom is -0.324 e. The molecule has 1 aromatic carbocycles. The van der Waals surface area contributed by atoms with Crippen molar-refractivity contribution in [3.05, 3.63) is 47.0 Å². The van der Waals surface area contributed by atoms with E-state index in [-0.39, 0.29) is 5.69 Å². The topological polar surface area (TPSA) is 99.0 Å². The summed E-state index contributed by atoms with van der Waals surface area (Å²) in [6.07, 6.45) is 4.84. The molecule has 0 fully saturated rings. The molecule has 0 spiro atoms. The first-order valence-electron chi connectivity index (χ1n) is 4.45. The average Bonchev–Trinajstić information content (AvgIpc) is 2.81. The van der Waals surface area contributed by atoms with E-state index < -0.39 is 4.92 Å². The number of hydrogen-bond donors (Lipinski definition) is 2. The number of imidazole rings is 1. The van der Waals surface area contributed by atoms with E-state index in [4.69, 9.17) is 5.84 Å². The van der Waals surface area contributed by atoms with Gasteiger partial charge in [-0.3, -0.25) is 16.0 Å². The highest BCUT2D eigenvalue weighted by atomic mass is 16.6. The molecule has 0 atom stereocenters. The van der Waals surface area contributed by atoms with Crippen molar-refractivity contribution in [3.63, 3.8) is 0 Å². The molecule has 7 heteroatoms. The quantitative estimate of drug-likeness (QED) is 0.457. The van der Waals surface area contributed by atoms with E-state index in [1.165, 1.54) is 12.1 Å². The van der Waals surface area contributed by atoms with Gasteiger partial charge in [-0.2, -0.15) is 0 Å². The third kappa shape index (κ3) is 1.84. The van der Waals surface area contributed by atoms with Crippen LogP contribution in [0.15, 0.2) is 36.9 Å². The fourth-order valence-electron chi connectivity index (χ4n) is 1.34. The number of nitrogens with two attached hydrogens (primary N) is 1. The maximum Gasteiger partial charge on any atom is 0.273 e. The number of anilines is 1. The van der Waals surface area contributed by atoms with E-state index in [2.05, 4.69) is 10.4 Å². The number of nitrogens with one attached hydrogen (secondary N) is 1. The van der Waals surface area contributed by atoms with Gasteiger partial charge in [-0.15, -0.1) is 0 Å². The first-order chi connectivity index (χ1) is 7.70. The van der Waals surface area contributed by atoms with E-state index in [1.807, 2.05) is 0 Å². The number of nitrogen functional groups attached to an aromatic ring is 1. The molecule has 2 rings (SSSR count). The van der Waals surface area contributed by atoms with Gasteiger partial charge in [0.05, 0.1) is 22.6 Å². The normalized spacial score (nSPS) is 10.1. The molecule has 0 radical (unpaired) electrons. The minimum absolute atomic E-state index is 0.0286. The number of benzene rings is 1. The summed E-state index contributed by atoms with van der Waals surface area (Å²) in [6.45, 7) is 0. The van der Waals surface area contributed by atoms with Crippen LogP contribution in [0.4, 0.5) is 11.4 Å². The Bertz CT molecular complexity index is 509. The van der Waals surface area contributed by atoms with Crippen LogP contribution in [-0.2, 0) is 0 Å². The van der Waals surface area contributed by atoms with Crippen molar-refractivity contribution in [1.82, 2.24) is 9.55 Å². The zero-order valence-electron chi connectivity index (χ0n) is 8.20. The van der Waals surface area contributed by atoms with Crippen LogP contribution in [-0.4, -0.2) is 14.5 Å².